The average Bonchev–Trinajstić information content (AvgIpc) is 2.47. The van der Waals surface area contributed by atoms with E-state index in [1.54, 1.807) is 7.11 Å². The van der Waals surface area contributed by atoms with Crippen molar-refractivity contribution in [2.24, 2.45) is 0 Å². The van der Waals surface area contributed by atoms with Crippen LogP contribution in [0.1, 0.15) is 38.8 Å². The van der Waals surface area contributed by atoms with Crippen LogP contribution in [-0.2, 0) is 4.74 Å². The van der Waals surface area contributed by atoms with Crippen molar-refractivity contribution >= 4 is 0 Å². The average molecular weight is 281 g/mol. The summed E-state index contributed by atoms with van der Waals surface area (Å²) in [5, 5.41) is 3.40. The van der Waals surface area contributed by atoms with E-state index in [0.717, 1.165) is 36.6 Å². The number of hydrogen-bond acceptors (Lipinski definition) is 4. The van der Waals surface area contributed by atoms with Crippen LogP contribution < -0.4 is 14.8 Å². The van der Waals surface area contributed by atoms with E-state index in [0.29, 0.717) is 13.2 Å². The summed E-state index contributed by atoms with van der Waals surface area (Å²) in [6, 6.07) is 6.19. The zero-order chi connectivity index (χ0) is 14.8. The van der Waals surface area contributed by atoms with Gasteiger partial charge in [0, 0.05) is 24.3 Å². The van der Waals surface area contributed by atoms with Crippen molar-refractivity contribution < 1.29 is 14.2 Å². The maximum Gasteiger partial charge on any atom is 0.127 e. The Bertz CT molecular complexity index is 382. The Morgan fingerprint density at radius 2 is 1.95 bits per heavy atom. The second-order valence-electron chi connectivity index (χ2n) is 4.64. The van der Waals surface area contributed by atoms with E-state index in [9.17, 15) is 0 Å². The summed E-state index contributed by atoms with van der Waals surface area (Å²) in [7, 11) is 1.66. The first-order valence-corrected chi connectivity index (χ1v) is 7.34. The van der Waals surface area contributed by atoms with Crippen LogP contribution in [0.15, 0.2) is 18.2 Å². The predicted octanol–water partition coefficient (Wildman–Crippen LogP) is 3.17. The van der Waals surface area contributed by atoms with Gasteiger partial charge < -0.3 is 19.5 Å². The van der Waals surface area contributed by atoms with Crippen molar-refractivity contribution in [1.82, 2.24) is 5.32 Å². The van der Waals surface area contributed by atoms with Gasteiger partial charge in [-0.15, -0.1) is 0 Å². The Morgan fingerprint density at radius 3 is 2.60 bits per heavy atom. The molecule has 0 aliphatic rings. The Hall–Kier alpha value is -1.26. The van der Waals surface area contributed by atoms with Gasteiger partial charge in [0.25, 0.3) is 0 Å². The first kappa shape index (κ1) is 16.8. The summed E-state index contributed by atoms with van der Waals surface area (Å²) in [5.74, 6) is 1.67. The molecule has 0 aromatic heterocycles. The van der Waals surface area contributed by atoms with E-state index in [4.69, 9.17) is 14.2 Å². The fourth-order valence-electron chi connectivity index (χ4n) is 2.00. The molecule has 4 nitrogen and oxygen atoms in total. The Labute approximate surface area is 122 Å². The molecule has 1 atom stereocenters. The zero-order valence-corrected chi connectivity index (χ0v) is 13.1. The lowest BCUT2D eigenvalue weighted by atomic mass is 10.1. The number of nitrogens with one attached hydrogen (secondary N) is 1. The second-order valence-corrected chi connectivity index (χ2v) is 4.64. The SMILES string of the molecule is CCCOCCOc1cc(OC)ccc1C(C)NCC. The van der Waals surface area contributed by atoms with Crippen molar-refractivity contribution in [3.63, 3.8) is 0 Å². The minimum absolute atomic E-state index is 0.248. The smallest absolute Gasteiger partial charge is 0.127 e. The van der Waals surface area contributed by atoms with Gasteiger partial charge >= 0.3 is 0 Å². The molecular formula is C16H27NO3. The molecule has 0 spiro atoms. The minimum Gasteiger partial charge on any atom is -0.497 e. The molecule has 0 amide bonds. The highest BCUT2D eigenvalue weighted by atomic mass is 16.5. The molecule has 1 aromatic carbocycles. The predicted molar refractivity (Wildman–Crippen MR) is 81.7 cm³/mol. The van der Waals surface area contributed by atoms with E-state index in [-0.39, 0.29) is 6.04 Å². The highest BCUT2D eigenvalue weighted by Crippen LogP contribution is 2.29. The van der Waals surface area contributed by atoms with Crippen molar-refractivity contribution in [3.8, 4) is 11.5 Å². The van der Waals surface area contributed by atoms with E-state index >= 15 is 0 Å². The van der Waals surface area contributed by atoms with Gasteiger partial charge in [-0.25, -0.2) is 0 Å². The fourth-order valence-corrected chi connectivity index (χ4v) is 2.00. The van der Waals surface area contributed by atoms with Gasteiger partial charge in [-0.1, -0.05) is 19.9 Å². The first-order valence-electron chi connectivity index (χ1n) is 7.34. The number of hydrogen-bond donors (Lipinski definition) is 1. The number of methoxy groups -OCH3 is 1. The number of ether oxygens (including phenoxy) is 3. The molecule has 0 radical (unpaired) electrons. The molecule has 0 aliphatic heterocycles. The summed E-state index contributed by atoms with van der Waals surface area (Å²) in [4.78, 5) is 0. The summed E-state index contributed by atoms with van der Waals surface area (Å²) in [5.41, 5.74) is 1.14. The molecule has 0 fully saturated rings. The van der Waals surface area contributed by atoms with Gasteiger partial charge in [0.2, 0.25) is 0 Å². The quantitative estimate of drug-likeness (QED) is 0.669. The molecule has 0 bridgehead atoms. The number of rotatable bonds is 10. The molecule has 0 heterocycles. The van der Waals surface area contributed by atoms with Crippen LogP contribution in [0.2, 0.25) is 0 Å². The third-order valence-electron chi connectivity index (χ3n) is 3.03. The molecule has 0 aliphatic carbocycles. The minimum atomic E-state index is 0.248. The van der Waals surface area contributed by atoms with Gasteiger partial charge in [-0.3, -0.25) is 0 Å². The van der Waals surface area contributed by atoms with Gasteiger partial charge in [0.15, 0.2) is 0 Å². The van der Waals surface area contributed by atoms with Crippen LogP contribution in [0.4, 0.5) is 0 Å². The molecule has 1 N–H and O–H groups in total. The highest BCUT2D eigenvalue weighted by molar-refractivity contribution is 5.42. The standard InChI is InChI=1S/C16H27NO3/c1-5-9-19-10-11-20-16-12-14(18-4)7-8-15(16)13(3)17-6-2/h7-8,12-13,17H,5-6,9-11H2,1-4H3. The lowest BCUT2D eigenvalue weighted by molar-refractivity contribution is 0.1000. The Kier molecular flexibility index (Phi) is 8.07. The van der Waals surface area contributed by atoms with Crippen LogP contribution in [0.5, 0.6) is 11.5 Å². The summed E-state index contributed by atoms with van der Waals surface area (Å²) in [6.45, 7) is 9.19. The van der Waals surface area contributed by atoms with E-state index < -0.39 is 0 Å². The van der Waals surface area contributed by atoms with Crippen molar-refractivity contribution in [2.75, 3.05) is 33.5 Å². The molecule has 1 unspecified atom stereocenters. The normalized spacial score (nSPS) is 12.2. The fraction of sp³-hybridized carbons (Fsp3) is 0.625. The largest absolute Gasteiger partial charge is 0.497 e. The van der Waals surface area contributed by atoms with Crippen LogP contribution in [0, 0.1) is 0 Å². The Balaban J connectivity index is 2.68. The third kappa shape index (κ3) is 5.39. The lowest BCUT2D eigenvalue weighted by Gasteiger charge is -2.18. The lowest BCUT2D eigenvalue weighted by Crippen LogP contribution is -2.19. The zero-order valence-electron chi connectivity index (χ0n) is 13.1. The third-order valence-corrected chi connectivity index (χ3v) is 3.03. The van der Waals surface area contributed by atoms with Crippen LogP contribution in [-0.4, -0.2) is 33.5 Å². The van der Waals surface area contributed by atoms with E-state index in [1.807, 2.05) is 18.2 Å². The maximum absolute atomic E-state index is 5.85. The van der Waals surface area contributed by atoms with Gasteiger partial charge in [0.05, 0.1) is 13.7 Å². The molecule has 114 valence electrons. The van der Waals surface area contributed by atoms with Crippen molar-refractivity contribution in [3.05, 3.63) is 23.8 Å². The van der Waals surface area contributed by atoms with E-state index in [1.165, 1.54) is 0 Å². The molecular weight excluding hydrogens is 254 g/mol. The topological polar surface area (TPSA) is 39.7 Å². The Morgan fingerprint density at radius 1 is 1.15 bits per heavy atom. The van der Waals surface area contributed by atoms with Crippen LogP contribution in [0.3, 0.4) is 0 Å². The second kappa shape index (κ2) is 9.61. The van der Waals surface area contributed by atoms with E-state index in [2.05, 4.69) is 26.1 Å². The summed E-state index contributed by atoms with van der Waals surface area (Å²) < 4.78 is 16.5. The van der Waals surface area contributed by atoms with Gasteiger partial charge in [-0.05, 0) is 26.0 Å². The molecule has 1 rings (SSSR count). The van der Waals surface area contributed by atoms with Crippen LogP contribution in [0.25, 0.3) is 0 Å². The van der Waals surface area contributed by atoms with Gasteiger partial charge in [0.1, 0.15) is 18.1 Å². The molecule has 4 heteroatoms. The van der Waals surface area contributed by atoms with Gasteiger partial charge in [-0.2, -0.15) is 0 Å². The maximum atomic E-state index is 5.85. The summed E-state index contributed by atoms with van der Waals surface area (Å²) >= 11 is 0. The summed E-state index contributed by atoms with van der Waals surface area (Å²) in [6.07, 6.45) is 1.03. The molecule has 20 heavy (non-hydrogen) atoms. The van der Waals surface area contributed by atoms with Crippen molar-refractivity contribution in [1.29, 1.82) is 0 Å². The molecule has 1 aromatic rings. The molecule has 0 saturated carbocycles. The monoisotopic (exact) mass is 281 g/mol. The first-order chi connectivity index (χ1) is 9.72. The van der Waals surface area contributed by atoms with Crippen molar-refractivity contribution in [2.45, 2.75) is 33.2 Å². The molecule has 0 saturated heterocycles. The number of benzene rings is 1. The highest BCUT2D eigenvalue weighted by Gasteiger charge is 2.12. The van der Waals surface area contributed by atoms with Crippen LogP contribution >= 0.6 is 0 Å².